The Hall–Kier alpha value is -4.21. The first-order valence-corrected chi connectivity index (χ1v) is 11.7. The second-order valence-corrected chi connectivity index (χ2v) is 8.46. The van der Waals surface area contributed by atoms with Crippen molar-refractivity contribution in [1.82, 2.24) is 0 Å². The molecule has 0 aliphatic rings. The SMILES string of the molecule is C/C=C/CCc1ccc(C#Cc2ccc3c(F)c(CCc4ccc(C#N)c(F)c4)ccc3c2)cc1. The maximum absolute atomic E-state index is 15.1. The molecule has 0 saturated carbocycles. The Bertz CT molecular complexity index is 1480. The van der Waals surface area contributed by atoms with Crippen LogP contribution in [-0.2, 0) is 19.3 Å². The minimum Gasteiger partial charge on any atom is -0.206 e. The van der Waals surface area contributed by atoms with Gasteiger partial charge in [-0.1, -0.05) is 60.4 Å². The van der Waals surface area contributed by atoms with E-state index in [1.165, 1.54) is 17.7 Å². The van der Waals surface area contributed by atoms with Crippen LogP contribution in [0.3, 0.4) is 0 Å². The molecule has 0 unspecified atom stereocenters. The Morgan fingerprint density at radius 3 is 2.26 bits per heavy atom. The molecule has 0 aliphatic heterocycles. The normalized spacial score (nSPS) is 10.8. The summed E-state index contributed by atoms with van der Waals surface area (Å²) < 4.78 is 29.0. The van der Waals surface area contributed by atoms with Crippen LogP contribution in [0.2, 0.25) is 0 Å². The van der Waals surface area contributed by atoms with Crippen LogP contribution < -0.4 is 0 Å². The van der Waals surface area contributed by atoms with E-state index in [9.17, 15) is 4.39 Å². The molecule has 0 atom stereocenters. The molecule has 0 amide bonds. The van der Waals surface area contributed by atoms with Gasteiger partial charge >= 0.3 is 0 Å². The van der Waals surface area contributed by atoms with Crippen molar-refractivity contribution in [2.75, 3.05) is 0 Å². The fourth-order valence-electron chi connectivity index (χ4n) is 4.01. The summed E-state index contributed by atoms with van der Waals surface area (Å²) in [5.41, 5.74) is 4.39. The van der Waals surface area contributed by atoms with Crippen molar-refractivity contribution < 1.29 is 8.78 Å². The van der Waals surface area contributed by atoms with Gasteiger partial charge in [0.25, 0.3) is 0 Å². The summed E-state index contributed by atoms with van der Waals surface area (Å²) in [6, 6.07) is 23.8. The Balaban J connectivity index is 1.46. The van der Waals surface area contributed by atoms with Gasteiger partial charge in [0.1, 0.15) is 17.7 Å². The maximum atomic E-state index is 15.1. The lowest BCUT2D eigenvalue weighted by Crippen LogP contribution is -1.97. The van der Waals surface area contributed by atoms with Gasteiger partial charge in [0.15, 0.2) is 0 Å². The predicted molar refractivity (Wildman–Crippen MR) is 138 cm³/mol. The second kappa shape index (κ2) is 11.3. The molecular weight excluding hydrogens is 436 g/mol. The zero-order chi connectivity index (χ0) is 24.6. The third-order valence-corrected chi connectivity index (χ3v) is 6.01. The van der Waals surface area contributed by atoms with Crippen LogP contribution in [0.25, 0.3) is 10.8 Å². The van der Waals surface area contributed by atoms with Gasteiger partial charge in [-0.3, -0.25) is 0 Å². The van der Waals surface area contributed by atoms with E-state index < -0.39 is 5.82 Å². The number of fused-ring (bicyclic) bond motifs is 1. The van der Waals surface area contributed by atoms with Crippen LogP contribution in [0.4, 0.5) is 8.78 Å². The van der Waals surface area contributed by atoms with Crippen molar-refractivity contribution in [2.45, 2.75) is 32.6 Å². The highest BCUT2D eigenvalue weighted by Crippen LogP contribution is 2.24. The van der Waals surface area contributed by atoms with Gasteiger partial charge in [-0.15, -0.1) is 0 Å². The fourth-order valence-corrected chi connectivity index (χ4v) is 4.01. The van der Waals surface area contributed by atoms with E-state index in [-0.39, 0.29) is 11.4 Å². The third kappa shape index (κ3) is 6.03. The Morgan fingerprint density at radius 2 is 1.51 bits per heavy atom. The van der Waals surface area contributed by atoms with E-state index in [4.69, 9.17) is 5.26 Å². The van der Waals surface area contributed by atoms with Gasteiger partial charge in [0, 0.05) is 16.5 Å². The highest BCUT2D eigenvalue weighted by molar-refractivity contribution is 5.85. The van der Waals surface area contributed by atoms with Gasteiger partial charge in [-0.2, -0.15) is 5.26 Å². The van der Waals surface area contributed by atoms with Crippen LogP contribution in [-0.4, -0.2) is 0 Å². The Morgan fingerprint density at radius 1 is 0.771 bits per heavy atom. The number of nitrogens with zero attached hydrogens (tertiary/aromatic N) is 1. The van der Waals surface area contributed by atoms with E-state index in [2.05, 4.69) is 36.1 Å². The number of halogens is 2. The number of hydrogen-bond donors (Lipinski definition) is 0. The Labute approximate surface area is 205 Å². The average molecular weight is 462 g/mol. The van der Waals surface area contributed by atoms with Gasteiger partial charge in [0.2, 0.25) is 0 Å². The highest BCUT2D eigenvalue weighted by atomic mass is 19.1. The molecule has 0 aliphatic carbocycles. The van der Waals surface area contributed by atoms with Gasteiger partial charge in [-0.25, -0.2) is 8.78 Å². The van der Waals surface area contributed by atoms with Crippen LogP contribution >= 0.6 is 0 Å². The average Bonchev–Trinajstić information content (AvgIpc) is 2.88. The molecule has 0 spiro atoms. The lowest BCUT2D eigenvalue weighted by Gasteiger charge is -2.08. The van der Waals surface area contributed by atoms with E-state index in [0.717, 1.165) is 34.9 Å². The van der Waals surface area contributed by atoms with Crippen LogP contribution in [0, 0.1) is 34.8 Å². The van der Waals surface area contributed by atoms with Crippen LogP contribution in [0.5, 0.6) is 0 Å². The first-order chi connectivity index (χ1) is 17.1. The molecule has 4 rings (SSSR count). The summed E-state index contributed by atoms with van der Waals surface area (Å²) in [5.74, 6) is 5.56. The van der Waals surface area contributed by atoms with E-state index in [1.807, 2.05) is 43.3 Å². The molecule has 0 bridgehead atoms. The minimum absolute atomic E-state index is 0.0154. The van der Waals surface area contributed by atoms with Crippen molar-refractivity contribution in [3.63, 3.8) is 0 Å². The summed E-state index contributed by atoms with van der Waals surface area (Å²) in [6.45, 7) is 2.03. The number of benzene rings is 4. The van der Waals surface area contributed by atoms with Crippen molar-refractivity contribution in [1.29, 1.82) is 5.26 Å². The summed E-state index contributed by atoms with van der Waals surface area (Å²) in [7, 11) is 0. The summed E-state index contributed by atoms with van der Waals surface area (Å²) in [5, 5.41) is 10.2. The lowest BCUT2D eigenvalue weighted by molar-refractivity contribution is 0.616. The number of rotatable bonds is 6. The topological polar surface area (TPSA) is 23.8 Å². The molecule has 0 N–H and O–H groups in total. The zero-order valence-electron chi connectivity index (χ0n) is 19.6. The molecule has 0 saturated heterocycles. The zero-order valence-corrected chi connectivity index (χ0v) is 19.6. The monoisotopic (exact) mass is 461 g/mol. The number of hydrogen-bond acceptors (Lipinski definition) is 1. The van der Waals surface area contributed by atoms with Crippen LogP contribution in [0.1, 0.15) is 46.7 Å². The van der Waals surface area contributed by atoms with Crippen molar-refractivity contribution in [3.8, 4) is 17.9 Å². The van der Waals surface area contributed by atoms with E-state index in [0.29, 0.717) is 23.8 Å². The fraction of sp³-hybridized carbons (Fsp3) is 0.156. The molecule has 0 fully saturated rings. The van der Waals surface area contributed by atoms with Crippen molar-refractivity contribution >= 4 is 10.8 Å². The third-order valence-electron chi connectivity index (χ3n) is 6.01. The molecule has 0 radical (unpaired) electrons. The standard InChI is InChI=1S/C32H25F2N/c1-2-3-4-5-23-6-8-24(9-7-23)10-11-25-14-19-30-28(20-25)18-17-27(32(30)34)15-12-26-13-16-29(22-35)31(33)21-26/h2-3,6-9,13-14,16-21H,4-5,12,15H2,1H3/b3-2+. The van der Waals surface area contributed by atoms with Crippen molar-refractivity contribution in [3.05, 3.63) is 130 Å². The second-order valence-electron chi connectivity index (χ2n) is 8.46. The number of aryl methyl sites for hydroxylation is 3. The van der Waals surface area contributed by atoms with Gasteiger partial charge < -0.3 is 0 Å². The number of allylic oxidation sites excluding steroid dienone is 2. The predicted octanol–water partition coefficient (Wildman–Crippen LogP) is 7.68. The maximum Gasteiger partial charge on any atom is 0.141 e. The molecular formula is C32H25F2N. The van der Waals surface area contributed by atoms with Gasteiger partial charge in [0.05, 0.1) is 5.56 Å². The van der Waals surface area contributed by atoms with Crippen LogP contribution in [0.15, 0.2) is 84.9 Å². The molecule has 3 heteroatoms. The largest absolute Gasteiger partial charge is 0.206 e. The van der Waals surface area contributed by atoms with Gasteiger partial charge in [-0.05, 0) is 91.1 Å². The van der Waals surface area contributed by atoms with E-state index >= 15 is 4.39 Å². The molecule has 1 nitrogen and oxygen atoms in total. The highest BCUT2D eigenvalue weighted by Gasteiger charge is 2.09. The summed E-state index contributed by atoms with van der Waals surface area (Å²) >= 11 is 0. The molecule has 4 aromatic carbocycles. The molecule has 4 aromatic rings. The Kier molecular flexibility index (Phi) is 7.71. The van der Waals surface area contributed by atoms with E-state index in [1.54, 1.807) is 18.2 Å². The number of nitriles is 1. The summed E-state index contributed by atoms with van der Waals surface area (Å²) in [4.78, 5) is 0. The molecule has 0 heterocycles. The molecule has 0 aromatic heterocycles. The minimum atomic E-state index is -0.544. The lowest BCUT2D eigenvalue weighted by atomic mass is 9.98. The molecule has 35 heavy (non-hydrogen) atoms. The van der Waals surface area contributed by atoms with Crippen molar-refractivity contribution in [2.24, 2.45) is 0 Å². The first-order valence-electron chi connectivity index (χ1n) is 11.7. The first kappa shape index (κ1) is 23.9. The quantitative estimate of drug-likeness (QED) is 0.213. The smallest absolute Gasteiger partial charge is 0.141 e. The summed E-state index contributed by atoms with van der Waals surface area (Å²) in [6.07, 6.45) is 7.21. The molecule has 172 valence electrons.